The first-order chi connectivity index (χ1) is 4.22. The zero-order valence-electron chi connectivity index (χ0n) is 4.94. The molecule has 1 rings (SSSR count). The minimum atomic E-state index is -0.970. The quantitative estimate of drug-likeness (QED) is 0.534. The summed E-state index contributed by atoms with van der Waals surface area (Å²) in [4.78, 5) is 11.7. The van der Waals surface area contributed by atoms with Gasteiger partial charge < -0.3 is 14.7 Å². The maximum atomic E-state index is 10.2. The van der Waals surface area contributed by atoms with Crippen LogP contribution in [0.4, 0.5) is 0 Å². The minimum Gasteiger partial charge on any atom is -0.477 e. The van der Waals surface area contributed by atoms with Crippen LogP contribution in [0, 0.1) is 0 Å². The van der Waals surface area contributed by atoms with E-state index in [0.29, 0.717) is 0 Å². The zero-order chi connectivity index (χ0) is 6.85. The van der Waals surface area contributed by atoms with Crippen LogP contribution in [0.25, 0.3) is 0 Å². The molecule has 0 saturated carbocycles. The molecule has 0 aliphatic carbocycles. The maximum absolute atomic E-state index is 10.2. The Hall–Kier alpha value is -1.19. The van der Waals surface area contributed by atoms with Crippen molar-refractivity contribution in [2.24, 2.45) is 0 Å². The van der Waals surface area contributed by atoms with Crippen LogP contribution in [0.5, 0.6) is 0 Å². The van der Waals surface area contributed by atoms with Gasteiger partial charge in [0.05, 0.1) is 0 Å². The fourth-order valence-corrected chi connectivity index (χ4v) is 0.612. The van der Waals surface area contributed by atoms with Crippen molar-refractivity contribution in [1.29, 1.82) is 0 Å². The Morgan fingerprint density at radius 2 is 2.56 bits per heavy atom. The molecule has 0 amide bonds. The van der Waals surface area contributed by atoms with E-state index in [0.717, 1.165) is 0 Å². The smallest absolute Gasteiger partial charge is 0.366 e. The molecule has 0 aromatic rings. The molecule has 0 fully saturated rings. The lowest BCUT2D eigenvalue weighted by molar-refractivity contribution is -0.152. The molecule has 1 aliphatic heterocycles. The SMILES string of the molecule is CN1C=COC1C(=O)O. The Bertz CT molecular complexity index is 154. The molecule has 9 heavy (non-hydrogen) atoms. The molecule has 50 valence electrons. The molecule has 1 atom stereocenters. The molecule has 4 heteroatoms. The Labute approximate surface area is 52.3 Å². The third-order valence-corrected chi connectivity index (χ3v) is 1.08. The average Bonchev–Trinajstić information content (AvgIpc) is 2.13. The first-order valence-electron chi connectivity index (χ1n) is 2.48. The molecule has 0 aromatic heterocycles. The highest BCUT2D eigenvalue weighted by molar-refractivity contribution is 5.72. The number of carbonyl (C=O) groups is 1. The van der Waals surface area contributed by atoms with Gasteiger partial charge in [0.1, 0.15) is 6.26 Å². The van der Waals surface area contributed by atoms with Crippen LogP contribution in [0.2, 0.25) is 0 Å². The molecular weight excluding hydrogens is 122 g/mol. The number of hydrogen-bond acceptors (Lipinski definition) is 3. The van der Waals surface area contributed by atoms with E-state index in [4.69, 9.17) is 5.11 Å². The van der Waals surface area contributed by atoms with Crippen molar-refractivity contribution in [2.75, 3.05) is 7.05 Å². The highest BCUT2D eigenvalue weighted by atomic mass is 16.5. The van der Waals surface area contributed by atoms with Crippen molar-refractivity contribution < 1.29 is 14.6 Å². The minimum absolute atomic E-state index is 0.829. The predicted molar refractivity (Wildman–Crippen MR) is 29.4 cm³/mol. The third-order valence-electron chi connectivity index (χ3n) is 1.08. The lowest BCUT2D eigenvalue weighted by Gasteiger charge is -2.13. The van der Waals surface area contributed by atoms with E-state index in [1.165, 1.54) is 11.2 Å². The van der Waals surface area contributed by atoms with Gasteiger partial charge in [-0.1, -0.05) is 0 Å². The van der Waals surface area contributed by atoms with Crippen molar-refractivity contribution in [1.82, 2.24) is 4.90 Å². The lowest BCUT2D eigenvalue weighted by Crippen LogP contribution is -2.32. The van der Waals surface area contributed by atoms with E-state index in [2.05, 4.69) is 4.74 Å². The summed E-state index contributed by atoms with van der Waals surface area (Å²) in [6.45, 7) is 0. The van der Waals surface area contributed by atoms with Gasteiger partial charge in [-0.25, -0.2) is 4.79 Å². The number of hydrogen-bond donors (Lipinski definition) is 1. The number of carboxylic acids is 1. The number of nitrogens with zero attached hydrogens (tertiary/aromatic N) is 1. The van der Waals surface area contributed by atoms with Crippen LogP contribution < -0.4 is 0 Å². The normalized spacial score (nSPS) is 24.1. The second-order valence-electron chi connectivity index (χ2n) is 1.78. The monoisotopic (exact) mass is 129 g/mol. The predicted octanol–water partition coefficient (Wildman–Crippen LogP) is -0.170. The Kier molecular flexibility index (Phi) is 1.30. The van der Waals surface area contributed by atoms with E-state index in [-0.39, 0.29) is 0 Å². The molecule has 0 saturated heterocycles. The number of carboxylic acid groups (broad SMARTS) is 1. The topological polar surface area (TPSA) is 49.8 Å². The van der Waals surface area contributed by atoms with Crippen LogP contribution in [-0.4, -0.2) is 29.3 Å². The van der Waals surface area contributed by atoms with Crippen molar-refractivity contribution in [3.8, 4) is 0 Å². The number of likely N-dealkylation sites (N-methyl/N-ethyl adjacent to an activating group) is 1. The van der Waals surface area contributed by atoms with Crippen molar-refractivity contribution in [3.63, 3.8) is 0 Å². The standard InChI is InChI=1S/C5H7NO3/c1-6-2-3-9-4(6)5(7)8/h2-4H,1H3,(H,7,8). The molecule has 1 N–H and O–H groups in total. The first-order valence-corrected chi connectivity index (χ1v) is 2.48. The van der Waals surface area contributed by atoms with Crippen molar-refractivity contribution in [2.45, 2.75) is 6.23 Å². The van der Waals surface area contributed by atoms with Gasteiger partial charge in [0, 0.05) is 13.2 Å². The molecule has 0 bridgehead atoms. The van der Waals surface area contributed by atoms with Crippen molar-refractivity contribution >= 4 is 5.97 Å². The number of rotatable bonds is 1. The summed E-state index contributed by atoms with van der Waals surface area (Å²) in [6, 6.07) is 0. The van der Waals surface area contributed by atoms with Gasteiger partial charge in [0.2, 0.25) is 0 Å². The highest BCUT2D eigenvalue weighted by Crippen LogP contribution is 2.07. The fourth-order valence-electron chi connectivity index (χ4n) is 0.612. The third kappa shape index (κ3) is 0.960. The van der Waals surface area contributed by atoms with Crippen LogP contribution in [0.1, 0.15) is 0 Å². The van der Waals surface area contributed by atoms with Gasteiger partial charge in [-0.15, -0.1) is 0 Å². The van der Waals surface area contributed by atoms with Crippen LogP contribution in [-0.2, 0) is 9.53 Å². The van der Waals surface area contributed by atoms with E-state index < -0.39 is 12.2 Å². The second-order valence-corrected chi connectivity index (χ2v) is 1.78. The molecule has 0 spiro atoms. The summed E-state index contributed by atoms with van der Waals surface area (Å²) in [5, 5.41) is 8.38. The van der Waals surface area contributed by atoms with E-state index in [9.17, 15) is 4.79 Å². The molecule has 0 aromatic carbocycles. The molecular formula is C5H7NO3. The Balaban J connectivity index is 2.55. The molecule has 0 radical (unpaired) electrons. The summed E-state index contributed by atoms with van der Waals surface area (Å²) in [6.07, 6.45) is 2.10. The summed E-state index contributed by atoms with van der Waals surface area (Å²) in [7, 11) is 1.64. The maximum Gasteiger partial charge on any atom is 0.366 e. The summed E-state index contributed by atoms with van der Waals surface area (Å²) in [5.41, 5.74) is 0. The lowest BCUT2D eigenvalue weighted by atomic mass is 10.5. The Morgan fingerprint density at radius 1 is 1.89 bits per heavy atom. The van der Waals surface area contributed by atoms with E-state index in [1.807, 2.05) is 0 Å². The van der Waals surface area contributed by atoms with Gasteiger partial charge in [-0.05, 0) is 0 Å². The molecule has 4 nitrogen and oxygen atoms in total. The molecule has 1 aliphatic rings. The van der Waals surface area contributed by atoms with Crippen LogP contribution in [0.15, 0.2) is 12.5 Å². The summed E-state index contributed by atoms with van der Waals surface area (Å²) < 4.78 is 4.67. The molecule has 1 heterocycles. The summed E-state index contributed by atoms with van der Waals surface area (Å²) >= 11 is 0. The highest BCUT2D eigenvalue weighted by Gasteiger charge is 2.24. The van der Waals surface area contributed by atoms with E-state index >= 15 is 0 Å². The fraction of sp³-hybridized carbons (Fsp3) is 0.400. The number of aliphatic carboxylic acids is 1. The average molecular weight is 129 g/mol. The first kappa shape index (κ1) is 5.94. The van der Waals surface area contributed by atoms with Crippen LogP contribution >= 0.6 is 0 Å². The van der Waals surface area contributed by atoms with Crippen molar-refractivity contribution in [3.05, 3.63) is 12.5 Å². The largest absolute Gasteiger partial charge is 0.477 e. The van der Waals surface area contributed by atoms with Gasteiger partial charge in [-0.3, -0.25) is 0 Å². The Morgan fingerprint density at radius 3 is 2.78 bits per heavy atom. The summed E-state index contributed by atoms with van der Waals surface area (Å²) in [5.74, 6) is -0.970. The molecule has 1 unspecified atom stereocenters. The van der Waals surface area contributed by atoms with Crippen LogP contribution in [0.3, 0.4) is 0 Å². The van der Waals surface area contributed by atoms with Gasteiger partial charge in [0.25, 0.3) is 6.23 Å². The van der Waals surface area contributed by atoms with Gasteiger partial charge >= 0.3 is 5.97 Å². The zero-order valence-corrected chi connectivity index (χ0v) is 4.94. The van der Waals surface area contributed by atoms with Gasteiger partial charge in [0.15, 0.2) is 0 Å². The van der Waals surface area contributed by atoms with E-state index in [1.54, 1.807) is 13.2 Å². The second kappa shape index (κ2) is 1.97. The number of ether oxygens (including phenoxy) is 1. The van der Waals surface area contributed by atoms with Gasteiger partial charge in [-0.2, -0.15) is 0 Å².